The van der Waals surface area contributed by atoms with Gasteiger partial charge < -0.3 is 20.5 Å². The van der Waals surface area contributed by atoms with Crippen LogP contribution in [0.4, 0.5) is 34.5 Å². The van der Waals surface area contributed by atoms with Crippen molar-refractivity contribution in [3.8, 4) is 22.2 Å². The molecule has 1 aromatic carbocycles. The molecule has 1 saturated heterocycles. The summed E-state index contributed by atoms with van der Waals surface area (Å²) in [6, 6.07) is 7.05. The lowest BCUT2D eigenvalue weighted by Gasteiger charge is -2.15. The molecule has 11 nitrogen and oxygen atoms in total. The summed E-state index contributed by atoms with van der Waals surface area (Å²) in [6.07, 6.45) is 0.681. The molecule has 0 radical (unpaired) electrons. The Hall–Kier alpha value is -4.63. The molecule has 15 heteroatoms. The van der Waals surface area contributed by atoms with Crippen LogP contribution in [0, 0.1) is 0 Å². The molecule has 1 fully saturated rings. The van der Waals surface area contributed by atoms with Gasteiger partial charge in [-0.1, -0.05) is 11.3 Å². The number of carbonyl (C=O) groups is 2. The van der Waals surface area contributed by atoms with E-state index < -0.39 is 23.9 Å². The molecular formula is C27H24F3N7O4S. The van der Waals surface area contributed by atoms with E-state index in [1.54, 1.807) is 23.2 Å². The van der Waals surface area contributed by atoms with Crippen molar-refractivity contribution in [1.82, 2.24) is 19.9 Å². The topological polar surface area (TPSA) is 142 Å². The number of urea groups is 1. The van der Waals surface area contributed by atoms with E-state index >= 15 is 0 Å². The van der Waals surface area contributed by atoms with Crippen LogP contribution in [-0.4, -0.2) is 49.6 Å². The normalized spacial score (nSPS) is 14.1. The van der Waals surface area contributed by atoms with Gasteiger partial charge in [0.1, 0.15) is 5.75 Å². The van der Waals surface area contributed by atoms with E-state index in [-0.39, 0.29) is 35.4 Å². The molecule has 218 valence electrons. The van der Waals surface area contributed by atoms with Gasteiger partial charge in [-0.2, -0.15) is 13.2 Å². The largest absolute Gasteiger partial charge is 0.424 e. The lowest BCUT2D eigenvalue weighted by atomic mass is 10.1. The number of pyridine rings is 1. The van der Waals surface area contributed by atoms with E-state index in [0.717, 1.165) is 22.9 Å². The van der Waals surface area contributed by atoms with E-state index in [9.17, 15) is 27.9 Å². The van der Waals surface area contributed by atoms with Gasteiger partial charge in [0.2, 0.25) is 5.91 Å². The van der Waals surface area contributed by atoms with Crippen molar-refractivity contribution in [3.05, 3.63) is 66.4 Å². The van der Waals surface area contributed by atoms with Crippen LogP contribution in [0.25, 0.3) is 10.4 Å². The number of aliphatic hydroxyl groups is 1. The van der Waals surface area contributed by atoms with Crippen LogP contribution in [0.2, 0.25) is 0 Å². The van der Waals surface area contributed by atoms with E-state index in [4.69, 9.17) is 4.74 Å². The number of halogens is 3. The van der Waals surface area contributed by atoms with Crippen molar-refractivity contribution in [1.29, 1.82) is 0 Å². The average Bonchev–Trinajstić information content (AvgIpc) is 3.59. The maximum Gasteiger partial charge on any atom is 0.417 e. The Balaban J connectivity index is 1.19. The Morgan fingerprint density at radius 1 is 1.10 bits per heavy atom. The number of aromatic nitrogens is 4. The summed E-state index contributed by atoms with van der Waals surface area (Å²) in [6.45, 7) is 2.13. The highest BCUT2D eigenvalue weighted by molar-refractivity contribution is 7.19. The van der Waals surface area contributed by atoms with Crippen LogP contribution in [0.3, 0.4) is 0 Å². The van der Waals surface area contributed by atoms with Gasteiger partial charge in [-0.3, -0.25) is 14.7 Å². The molecule has 1 aliphatic heterocycles. The zero-order valence-electron chi connectivity index (χ0n) is 22.1. The fourth-order valence-corrected chi connectivity index (χ4v) is 5.05. The lowest BCUT2D eigenvalue weighted by Crippen LogP contribution is -2.23. The van der Waals surface area contributed by atoms with Crippen molar-refractivity contribution in [3.63, 3.8) is 0 Å². The second-order valence-electron chi connectivity index (χ2n) is 9.39. The number of alkyl halides is 3. The van der Waals surface area contributed by atoms with E-state index in [0.29, 0.717) is 30.0 Å². The predicted molar refractivity (Wildman–Crippen MR) is 149 cm³/mol. The highest BCUT2D eigenvalue weighted by Gasteiger charge is 2.32. The van der Waals surface area contributed by atoms with E-state index in [1.807, 2.05) is 12.1 Å². The molecule has 4 aromatic rings. The first kappa shape index (κ1) is 28.9. The number of rotatable bonds is 8. The monoisotopic (exact) mass is 599 g/mol. The van der Waals surface area contributed by atoms with Crippen molar-refractivity contribution < 1.29 is 32.6 Å². The number of nitrogens with one attached hydrogen (secondary N) is 2. The van der Waals surface area contributed by atoms with Crippen molar-refractivity contribution in [2.75, 3.05) is 22.1 Å². The molecular weight excluding hydrogens is 575 g/mol. The average molecular weight is 600 g/mol. The fourth-order valence-electron chi connectivity index (χ4n) is 4.08. The minimum atomic E-state index is -4.66. The molecule has 4 heterocycles. The molecule has 0 saturated carbocycles. The summed E-state index contributed by atoms with van der Waals surface area (Å²) in [7, 11) is 0. The highest BCUT2D eigenvalue weighted by atomic mass is 32.1. The lowest BCUT2D eigenvalue weighted by molar-refractivity contribution is -0.137. The van der Waals surface area contributed by atoms with Gasteiger partial charge in [0.25, 0.3) is 0 Å². The fraction of sp³-hybridized carbons (Fsp3) is 0.259. The minimum absolute atomic E-state index is 0.00243. The Labute approximate surface area is 241 Å². The molecule has 3 N–H and O–H groups in total. The van der Waals surface area contributed by atoms with E-state index in [2.05, 4.69) is 30.6 Å². The molecule has 1 unspecified atom stereocenters. The number of aliphatic hydroxyl groups excluding tert-OH is 1. The van der Waals surface area contributed by atoms with Gasteiger partial charge in [-0.25, -0.2) is 19.7 Å². The number of anilines is 3. The van der Waals surface area contributed by atoms with Crippen molar-refractivity contribution in [2.45, 2.75) is 38.5 Å². The third kappa shape index (κ3) is 6.98. The molecule has 42 heavy (non-hydrogen) atoms. The first-order valence-electron chi connectivity index (χ1n) is 12.7. The van der Waals surface area contributed by atoms with Gasteiger partial charge in [0.05, 0.1) is 46.0 Å². The molecule has 5 rings (SSSR count). The third-order valence-corrected chi connectivity index (χ3v) is 7.14. The number of hydrogen-bond donors (Lipinski definition) is 3. The van der Waals surface area contributed by atoms with Crippen LogP contribution in [0.5, 0.6) is 11.8 Å². The Morgan fingerprint density at radius 2 is 1.83 bits per heavy atom. The molecule has 3 aromatic heterocycles. The third-order valence-electron chi connectivity index (χ3n) is 6.07. The molecule has 1 aliphatic rings. The van der Waals surface area contributed by atoms with Gasteiger partial charge in [0, 0.05) is 31.8 Å². The number of nitrogens with zero attached hydrogens (tertiary/aromatic N) is 5. The number of hydrogen-bond acceptors (Lipinski definition) is 9. The molecule has 0 spiro atoms. The number of ether oxygens (including phenoxy) is 1. The summed E-state index contributed by atoms with van der Waals surface area (Å²) in [5.41, 5.74) is -0.0786. The SMILES string of the molecule is CC(O)Cc1ncc(C(F)(F)F)cc1NC(=O)Nc1cnc(Oc2ccc(-c3cnc(N4CCCC4=O)s3)cc2)nc1. The molecule has 3 amide bonds. The number of carbonyl (C=O) groups excluding carboxylic acids is 2. The summed E-state index contributed by atoms with van der Waals surface area (Å²) in [5, 5.41) is 15.1. The summed E-state index contributed by atoms with van der Waals surface area (Å²) < 4.78 is 45.1. The smallest absolute Gasteiger partial charge is 0.417 e. The van der Waals surface area contributed by atoms with Crippen LogP contribution in [0.1, 0.15) is 31.0 Å². The van der Waals surface area contributed by atoms with Crippen molar-refractivity contribution in [2.24, 2.45) is 0 Å². The molecule has 1 atom stereocenters. The zero-order chi connectivity index (χ0) is 29.9. The maximum atomic E-state index is 13.1. The number of amides is 3. The molecule has 0 aliphatic carbocycles. The first-order valence-corrected chi connectivity index (χ1v) is 13.6. The van der Waals surface area contributed by atoms with Crippen molar-refractivity contribution >= 4 is 39.8 Å². The van der Waals surface area contributed by atoms with Gasteiger partial charge in [0.15, 0.2) is 5.13 Å². The summed E-state index contributed by atoms with van der Waals surface area (Å²) >= 11 is 1.43. The Bertz CT molecular complexity index is 1580. The maximum absolute atomic E-state index is 13.1. The highest BCUT2D eigenvalue weighted by Crippen LogP contribution is 2.34. The Morgan fingerprint density at radius 3 is 2.48 bits per heavy atom. The molecule has 0 bridgehead atoms. The number of benzene rings is 1. The van der Waals surface area contributed by atoms with Gasteiger partial charge in [-0.15, -0.1) is 0 Å². The minimum Gasteiger partial charge on any atom is -0.424 e. The van der Waals surface area contributed by atoms with Crippen LogP contribution >= 0.6 is 11.3 Å². The quantitative estimate of drug-likeness (QED) is 0.241. The van der Waals surface area contributed by atoms with E-state index in [1.165, 1.54) is 30.7 Å². The first-order chi connectivity index (χ1) is 20.0. The summed E-state index contributed by atoms with van der Waals surface area (Å²) in [5.74, 6) is 0.538. The van der Waals surface area contributed by atoms with Gasteiger partial charge >= 0.3 is 18.2 Å². The second kappa shape index (κ2) is 12.1. The predicted octanol–water partition coefficient (Wildman–Crippen LogP) is 5.50. The Kier molecular flexibility index (Phi) is 8.31. The van der Waals surface area contributed by atoms with Gasteiger partial charge in [-0.05, 0) is 49.2 Å². The number of thiazole rings is 1. The van der Waals surface area contributed by atoms with Crippen LogP contribution in [0.15, 0.2) is 55.1 Å². The second-order valence-corrected chi connectivity index (χ2v) is 10.4. The summed E-state index contributed by atoms with van der Waals surface area (Å²) in [4.78, 5) is 43.3. The zero-order valence-corrected chi connectivity index (χ0v) is 22.9. The van der Waals surface area contributed by atoms with Crippen LogP contribution < -0.4 is 20.3 Å². The standard InChI is InChI=1S/C27H24F3N7O4S/c1-15(38)9-20-21(10-17(11-31-20)27(28,29)30)36-24(40)35-18-12-32-25(33-13-18)41-19-6-4-16(5-7-19)22-14-34-26(42-22)37-8-2-3-23(37)39/h4-7,10-15,38H,2-3,8-9H2,1H3,(H2,35,36,40). The van der Waals surface area contributed by atoms with Crippen LogP contribution in [-0.2, 0) is 17.4 Å².